The van der Waals surface area contributed by atoms with Gasteiger partial charge in [-0.05, 0) is 47.5 Å². The van der Waals surface area contributed by atoms with E-state index in [1.807, 2.05) is 18.2 Å². The van der Waals surface area contributed by atoms with Crippen LogP contribution >= 0.6 is 11.8 Å². The first-order valence-electron chi connectivity index (χ1n) is 7.40. The molecule has 2 aromatic carbocycles. The number of hydrogen-bond acceptors (Lipinski definition) is 3. The van der Waals surface area contributed by atoms with E-state index in [2.05, 4.69) is 0 Å². The van der Waals surface area contributed by atoms with Crippen LogP contribution in [0.25, 0.3) is 10.9 Å². The van der Waals surface area contributed by atoms with Crippen LogP contribution in [0.5, 0.6) is 0 Å². The SMILES string of the molecule is O=S(=O)(c1ccccc1)n1cc2c3c(cccc31)CCN(Cl)C2. The quantitative estimate of drug-likeness (QED) is 0.668. The van der Waals surface area contributed by atoms with Crippen LogP contribution in [0.4, 0.5) is 0 Å². The fourth-order valence-corrected chi connectivity index (χ4v) is 4.77. The van der Waals surface area contributed by atoms with Crippen LogP contribution in [-0.2, 0) is 23.0 Å². The van der Waals surface area contributed by atoms with Gasteiger partial charge in [-0.2, -0.15) is 0 Å². The fourth-order valence-electron chi connectivity index (χ4n) is 3.16. The van der Waals surface area contributed by atoms with Gasteiger partial charge in [-0.1, -0.05) is 30.3 Å². The maximum absolute atomic E-state index is 13.0. The molecule has 0 aliphatic carbocycles. The average Bonchev–Trinajstić information content (AvgIpc) is 2.85. The first-order chi connectivity index (χ1) is 11.1. The van der Waals surface area contributed by atoms with Crippen molar-refractivity contribution in [2.24, 2.45) is 0 Å². The monoisotopic (exact) mass is 346 g/mol. The van der Waals surface area contributed by atoms with Crippen molar-refractivity contribution in [3.05, 3.63) is 65.9 Å². The van der Waals surface area contributed by atoms with Crippen molar-refractivity contribution in [3.63, 3.8) is 0 Å². The molecule has 23 heavy (non-hydrogen) atoms. The Bertz CT molecular complexity index is 981. The molecule has 2 heterocycles. The molecule has 3 aromatic rings. The summed E-state index contributed by atoms with van der Waals surface area (Å²) in [4.78, 5) is 0.286. The lowest BCUT2D eigenvalue weighted by atomic mass is 10.1. The van der Waals surface area contributed by atoms with Crippen molar-refractivity contribution in [1.82, 2.24) is 8.39 Å². The minimum atomic E-state index is -3.62. The van der Waals surface area contributed by atoms with E-state index in [0.717, 1.165) is 29.5 Å². The lowest BCUT2D eigenvalue weighted by Crippen LogP contribution is -2.14. The third-order valence-corrected chi connectivity index (χ3v) is 6.20. The lowest BCUT2D eigenvalue weighted by Gasteiger charge is -2.10. The summed E-state index contributed by atoms with van der Waals surface area (Å²) < 4.78 is 29.1. The lowest BCUT2D eigenvalue weighted by molar-refractivity contribution is 0.462. The third-order valence-electron chi connectivity index (χ3n) is 4.23. The van der Waals surface area contributed by atoms with Crippen LogP contribution in [0.3, 0.4) is 0 Å². The second-order valence-corrected chi connectivity index (χ2v) is 7.97. The summed E-state index contributed by atoms with van der Waals surface area (Å²) in [5.74, 6) is 0. The predicted octanol–water partition coefficient (Wildman–Crippen LogP) is 3.39. The highest BCUT2D eigenvalue weighted by Crippen LogP contribution is 2.32. The zero-order valence-electron chi connectivity index (χ0n) is 12.3. The molecule has 0 saturated carbocycles. The smallest absolute Gasteiger partial charge is 0.241 e. The number of aromatic nitrogens is 1. The summed E-state index contributed by atoms with van der Waals surface area (Å²) in [5.41, 5.74) is 2.80. The van der Waals surface area contributed by atoms with Crippen molar-refractivity contribution < 1.29 is 8.42 Å². The largest absolute Gasteiger partial charge is 0.268 e. The van der Waals surface area contributed by atoms with Gasteiger partial charge in [0.05, 0.1) is 10.4 Å². The van der Waals surface area contributed by atoms with Crippen molar-refractivity contribution in [1.29, 1.82) is 0 Å². The Balaban J connectivity index is 2.00. The van der Waals surface area contributed by atoms with Gasteiger partial charge in [-0.15, -0.1) is 0 Å². The maximum Gasteiger partial charge on any atom is 0.268 e. The van der Waals surface area contributed by atoms with E-state index >= 15 is 0 Å². The molecule has 0 bridgehead atoms. The van der Waals surface area contributed by atoms with Crippen LogP contribution in [0.2, 0.25) is 0 Å². The second-order valence-electron chi connectivity index (χ2n) is 5.67. The summed E-state index contributed by atoms with van der Waals surface area (Å²) in [6, 6.07) is 14.3. The molecule has 0 radical (unpaired) electrons. The molecule has 1 aliphatic rings. The Morgan fingerprint density at radius 1 is 0.957 bits per heavy atom. The van der Waals surface area contributed by atoms with E-state index in [0.29, 0.717) is 12.1 Å². The molecule has 0 unspecified atom stereocenters. The van der Waals surface area contributed by atoms with E-state index in [1.165, 1.54) is 3.97 Å². The van der Waals surface area contributed by atoms with Crippen molar-refractivity contribution in [2.45, 2.75) is 17.9 Å². The predicted molar refractivity (Wildman–Crippen MR) is 90.9 cm³/mol. The highest BCUT2D eigenvalue weighted by molar-refractivity contribution is 7.90. The third kappa shape index (κ3) is 2.36. The van der Waals surface area contributed by atoms with Crippen LogP contribution < -0.4 is 0 Å². The Labute approximate surface area is 140 Å². The van der Waals surface area contributed by atoms with E-state index in [4.69, 9.17) is 11.8 Å². The molecule has 1 aliphatic heterocycles. The van der Waals surface area contributed by atoms with Crippen LogP contribution in [0.15, 0.2) is 59.6 Å². The fraction of sp³-hybridized carbons (Fsp3) is 0.176. The van der Waals surface area contributed by atoms with Crippen molar-refractivity contribution in [3.8, 4) is 0 Å². The first kappa shape index (κ1) is 14.8. The molecule has 0 N–H and O–H groups in total. The second kappa shape index (κ2) is 5.37. The van der Waals surface area contributed by atoms with Gasteiger partial charge in [-0.3, -0.25) is 0 Å². The molecule has 0 atom stereocenters. The molecule has 0 spiro atoms. The molecule has 4 nitrogen and oxygen atoms in total. The zero-order chi connectivity index (χ0) is 16.0. The van der Waals surface area contributed by atoms with Crippen LogP contribution in [0, 0.1) is 0 Å². The number of rotatable bonds is 2. The average molecular weight is 347 g/mol. The van der Waals surface area contributed by atoms with Gasteiger partial charge in [0.25, 0.3) is 10.0 Å². The number of halogens is 1. The topological polar surface area (TPSA) is 42.3 Å². The summed E-state index contributed by atoms with van der Waals surface area (Å²) in [5, 5.41) is 1.01. The van der Waals surface area contributed by atoms with Gasteiger partial charge < -0.3 is 0 Å². The van der Waals surface area contributed by atoms with E-state index in [1.54, 1.807) is 40.9 Å². The van der Waals surface area contributed by atoms with Gasteiger partial charge >= 0.3 is 0 Å². The number of benzene rings is 2. The summed E-state index contributed by atoms with van der Waals surface area (Å²) in [7, 11) is -3.62. The Morgan fingerprint density at radius 3 is 2.52 bits per heavy atom. The Kier molecular flexibility index (Phi) is 3.44. The minimum Gasteiger partial charge on any atom is -0.241 e. The molecule has 0 amide bonds. The van der Waals surface area contributed by atoms with Gasteiger partial charge in [0.2, 0.25) is 0 Å². The standard InChI is InChI=1S/C17H15ClN2O2S/c18-19-10-9-13-5-4-8-16-17(13)14(11-19)12-20(16)23(21,22)15-6-2-1-3-7-15/h1-8,12H,9-11H2. The van der Waals surface area contributed by atoms with Gasteiger partial charge in [0.15, 0.2) is 0 Å². The van der Waals surface area contributed by atoms with Crippen molar-refractivity contribution in [2.75, 3.05) is 6.54 Å². The molecule has 118 valence electrons. The zero-order valence-corrected chi connectivity index (χ0v) is 13.9. The number of hydrogen-bond donors (Lipinski definition) is 0. The number of nitrogens with zero attached hydrogens (tertiary/aromatic N) is 2. The van der Waals surface area contributed by atoms with E-state index in [9.17, 15) is 8.42 Å². The normalized spacial score (nSPS) is 15.7. The molecular weight excluding hydrogens is 332 g/mol. The van der Waals surface area contributed by atoms with Gasteiger partial charge in [-0.25, -0.2) is 16.8 Å². The van der Waals surface area contributed by atoms with Crippen LogP contribution in [0.1, 0.15) is 11.1 Å². The molecule has 1 aromatic heterocycles. The highest BCUT2D eigenvalue weighted by Gasteiger charge is 2.24. The summed E-state index contributed by atoms with van der Waals surface area (Å²) in [6.07, 6.45) is 2.51. The molecule has 0 saturated heterocycles. The Morgan fingerprint density at radius 2 is 1.74 bits per heavy atom. The van der Waals surface area contributed by atoms with E-state index < -0.39 is 10.0 Å². The molecule has 4 rings (SSSR count). The first-order valence-corrected chi connectivity index (χ1v) is 9.18. The molecule has 6 heteroatoms. The Hall–Kier alpha value is -1.82. The van der Waals surface area contributed by atoms with Gasteiger partial charge in [0, 0.05) is 24.7 Å². The molecule has 0 fully saturated rings. The summed E-state index contributed by atoms with van der Waals surface area (Å²) >= 11 is 6.21. The van der Waals surface area contributed by atoms with E-state index in [-0.39, 0.29) is 4.90 Å². The van der Waals surface area contributed by atoms with Gasteiger partial charge in [0.1, 0.15) is 0 Å². The van der Waals surface area contributed by atoms with Crippen LogP contribution in [-0.4, -0.2) is 23.4 Å². The maximum atomic E-state index is 13.0. The van der Waals surface area contributed by atoms with Crippen molar-refractivity contribution >= 4 is 32.7 Å². The summed E-state index contributed by atoms with van der Waals surface area (Å²) in [6.45, 7) is 1.28. The molecular formula is C17H15ClN2O2S. The highest BCUT2D eigenvalue weighted by atomic mass is 35.5. The minimum absolute atomic E-state index is 0.286.